The molecule has 6 aromatic heterocycles. The molecule has 0 fully saturated rings. The highest BCUT2D eigenvalue weighted by Crippen LogP contribution is 2.39. The van der Waals surface area contributed by atoms with Crippen LogP contribution in [0.5, 0.6) is 0 Å². The second-order valence-electron chi connectivity index (χ2n) is 20.0. The van der Waals surface area contributed by atoms with E-state index in [0.29, 0.717) is 69.4 Å². The van der Waals surface area contributed by atoms with Gasteiger partial charge in [-0.1, -0.05) is 41.5 Å². The fourth-order valence-electron chi connectivity index (χ4n) is 6.75. The lowest BCUT2D eigenvalue weighted by Gasteiger charge is -2.43. The topological polar surface area (TPSA) is 204 Å². The Morgan fingerprint density at radius 1 is 0.697 bits per heavy atom. The Balaban J connectivity index is 0.000000234. The third kappa shape index (κ3) is 9.40. The molecule has 16 nitrogen and oxygen atoms in total. The third-order valence-electron chi connectivity index (χ3n) is 12.9. The first-order valence-corrected chi connectivity index (χ1v) is 27.3. The largest absolute Gasteiger partial charge is 0.478 e. The molecule has 0 aliphatic heterocycles. The lowest BCUT2D eigenvalue weighted by molar-refractivity contribution is 0.0698. The fraction of sp³-hybridized carbons (Fsp3) is 0.391. The molecule has 1 amide bonds. The van der Waals surface area contributed by atoms with E-state index in [-0.39, 0.29) is 38.7 Å². The molecule has 0 aliphatic rings. The zero-order valence-corrected chi connectivity index (χ0v) is 41.6. The molecule has 0 atom stereocenters. The molecule has 0 spiro atoms. The van der Waals surface area contributed by atoms with Gasteiger partial charge < -0.3 is 29.2 Å². The van der Waals surface area contributed by atoms with Crippen LogP contribution in [-0.2, 0) is 22.9 Å². The molecule has 0 saturated heterocycles. The summed E-state index contributed by atoms with van der Waals surface area (Å²) >= 11 is 0. The van der Waals surface area contributed by atoms with Crippen molar-refractivity contribution < 1.29 is 32.3 Å². The lowest BCUT2D eigenvalue weighted by Crippen LogP contribution is -2.58. The summed E-state index contributed by atoms with van der Waals surface area (Å²) in [5, 5.41) is 22.9. The van der Waals surface area contributed by atoms with E-state index >= 15 is 0 Å². The number of benzene rings is 2. The number of aryl methyl sites for hydroxylation is 2. The van der Waals surface area contributed by atoms with E-state index < -0.39 is 28.1 Å². The van der Waals surface area contributed by atoms with Gasteiger partial charge >= 0.3 is 5.97 Å². The zero-order valence-electron chi connectivity index (χ0n) is 39.6. The maximum absolute atomic E-state index is 13.9. The van der Waals surface area contributed by atoms with Crippen LogP contribution in [0.1, 0.15) is 69.2 Å². The molecular formula is C46H57F2N11O5Si2. The summed E-state index contributed by atoms with van der Waals surface area (Å²) in [6, 6.07) is 8.86. The van der Waals surface area contributed by atoms with Crippen molar-refractivity contribution in [1.82, 2.24) is 54.8 Å². The highest BCUT2D eigenvalue weighted by molar-refractivity contribution is 6.74. The standard InChI is InChI=1S/C31H47FN6O3Si2.C15H10FN5O2/c1-29(2,3)42(9,10)40-18-31(7,19-41-43(11,12)30(4,5)6)36-28(39)22-16-33-27-26(22)35-23(17-34-27)25-21-14-13-20(32)15-24(21)38(8)37-25;1-21-11-4-7(16)2-3-8(11)12(20-21)10-6-18-14-13(19-10)9(5-17-14)15(22)23/h13-17H,18-19H2,1-12H3,(H,33,34)(H,36,39);2-6H,1H3,(H,17,18)(H,22,23). The number of carboxylic acids is 1. The maximum atomic E-state index is 13.9. The summed E-state index contributed by atoms with van der Waals surface area (Å²) < 4.78 is 43.7. The first-order valence-electron chi connectivity index (χ1n) is 21.5. The molecule has 0 unspecified atom stereocenters. The van der Waals surface area contributed by atoms with Gasteiger partial charge in [-0.2, -0.15) is 10.2 Å². The van der Waals surface area contributed by atoms with Gasteiger partial charge in [0.1, 0.15) is 51.0 Å². The molecule has 6 heterocycles. The lowest BCUT2D eigenvalue weighted by atomic mass is 10.0. The zero-order chi connectivity index (χ0) is 48.3. The van der Waals surface area contributed by atoms with E-state index in [1.54, 1.807) is 48.0 Å². The summed E-state index contributed by atoms with van der Waals surface area (Å²) in [6.07, 6.45) is 6.09. The number of H-pyrrole nitrogens is 2. The number of aromatic carboxylic acids is 1. The van der Waals surface area contributed by atoms with Gasteiger partial charge in [0, 0.05) is 37.3 Å². The number of amides is 1. The summed E-state index contributed by atoms with van der Waals surface area (Å²) in [5.74, 6) is -2.08. The Labute approximate surface area is 382 Å². The number of rotatable bonds is 11. The van der Waals surface area contributed by atoms with Crippen LogP contribution in [0.4, 0.5) is 8.78 Å². The van der Waals surface area contributed by atoms with Gasteiger partial charge in [0.05, 0.1) is 47.7 Å². The highest BCUT2D eigenvalue weighted by atomic mass is 28.4. The Hall–Kier alpha value is -6.23. The summed E-state index contributed by atoms with van der Waals surface area (Å²) in [7, 11) is -0.766. The third-order valence-corrected chi connectivity index (χ3v) is 21.8. The minimum atomic E-state index is -2.11. The van der Waals surface area contributed by atoms with Crippen molar-refractivity contribution in [3.05, 3.63) is 83.9 Å². The Morgan fingerprint density at radius 2 is 1.11 bits per heavy atom. The van der Waals surface area contributed by atoms with Crippen LogP contribution >= 0.6 is 0 Å². The summed E-state index contributed by atoms with van der Waals surface area (Å²) in [5.41, 5.74) is 4.43. The number of carbonyl (C=O) groups is 2. The Morgan fingerprint density at radius 3 is 1.52 bits per heavy atom. The summed E-state index contributed by atoms with van der Waals surface area (Å²) in [6.45, 7) is 24.6. The minimum absolute atomic E-state index is 0.0163. The number of aromatic amines is 2. The number of carboxylic acid groups (broad SMARTS) is 1. The van der Waals surface area contributed by atoms with E-state index in [1.165, 1.54) is 36.7 Å². The van der Waals surface area contributed by atoms with Crippen molar-refractivity contribution in [2.45, 2.75) is 90.3 Å². The van der Waals surface area contributed by atoms with E-state index in [0.717, 1.165) is 10.8 Å². The van der Waals surface area contributed by atoms with Gasteiger partial charge in [0.25, 0.3) is 5.91 Å². The van der Waals surface area contributed by atoms with Gasteiger partial charge in [-0.05, 0) is 79.6 Å². The molecule has 0 aliphatic carbocycles. The number of carbonyl (C=O) groups excluding carboxylic acids is 1. The molecule has 2 aromatic carbocycles. The molecule has 0 bridgehead atoms. The molecule has 0 saturated carbocycles. The number of nitrogens with one attached hydrogen (secondary N) is 3. The Bertz CT molecular complexity index is 3110. The average Bonchev–Trinajstić information content (AvgIpc) is 4.01. The maximum Gasteiger partial charge on any atom is 0.339 e. The highest BCUT2D eigenvalue weighted by Gasteiger charge is 2.43. The van der Waals surface area contributed by atoms with Gasteiger partial charge in [0.2, 0.25) is 0 Å². The van der Waals surface area contributed by atoms with Crippen LogP contribution in [-0.4, -0.2) is 102 Å². The number of fused-ring (bicyclic) bond motifs is 4. The normalized spacial score (nSPS) is 12.9. The fourth-order valence-corrected chi connectivity index (χ4v) is 8.98. The van der Waals surface area contributed by atoms with Gasteiger partial charge in [0.15, 0.2) is 27.9 Å². The molecule has 348 valence electrons. The monoisotopic (exact) mass is 937 g/mol. The van der Waals surface area contributed by atoms with Crippen LogP contribution in [0, 0.1) is 11.6 Å². The number of hydrogen-bond donors (Lipinski definition) is 4. The average molecular weight is 938 g/mol. The van der Waals surface area contributed by atoms with E-state index in [9.17, 15) is 23.5 Å². The quantitative estimate of drug-likeness (QED) is 0.0900. The second kappa shape index (κ2) is 17.2. The minimum Gasteiger partial charge on any atom is -0.478 e. The van der Waals surface area contributed by atoms with Gasteiger partial charge in [-0.15, -0.1) is 0 Å². The van der Waals surface area contributed by atoms with Crippen LogP contribution in [0.2, 0.25) is 36.3 Å². The van der Waals surface area contributed by atoms with Crippen LogP contribution in [0.3, 0.4) is 0 Å². The predicted octanol–water partition coefficient (Wildman–Crippen LogP) is 9.53. The van der Waals surface area contributed by atoms with Crippen molar-refractivity contribution in [3.63, 3.8) is 0 Å². The van der Waals surface area contributed by atoms with Crippen LogP contribution in [0.25, 0.3) is 66.9 Å². The van der Waals surface area contributed by atoms with E-state index in [1.807, 2.05) is 6.92 Å². The first kappa shape index (κ1) is 47.7. The number of aromatic nitrogens is 10. The molecular weight excluding hydrogens is 881 g/mol. The number of hydrogen-bond acceptors (Lipinski definition) is 10. The molecule has 8 aromatic rings. The molecule has 0 radical (unpaired) electrons. The van der Waals surface area contributed by atoms with Gasteiger partial charge in [-0.3, -0.25) is 14.2 Å². The van der Waals surface area contributed by atoms with Crippen molar-refractivity contribution in [1.29, 1.82) is 0 Å². The van der Waals surface area contributed by atoms with Gasteiger partial charge in [-0.25, -0.2) is 33.5 Å². The summed E-state index contributed by atoms with van der Waals surface area (Å²) in [4.78, 5) is 48.9. The molecule has 4 N–H and O–H groups in total. The molecule has 20 heteroatoms. The van der Waals surface area contributed by atoms with Crippen molar-refractivity contribution in [3.8, 4) is 22.8 Å². The Kier molecular flexibility index (Phi) is 12.4. The SMILES string of the molecule is Cn1nc(-c2cnc3[nH]cc(C(=O)NC(C)(CO[Si](C)(C)C(C)(C)C)CO[Si](C)(C)C(C)(C)C)c3n2)c2ccc(F)cc21.Cn1nc(-c2cnc3[nH]cc(C(=O)O)c3n2)c2ccc(F)cc21. The first-order chi connectivity index (χ1) is 30.7. The van der Waals surface area contributed by atoms with Crippen LogP contribution < -0.4 is 5.32 Å². The van der Waals surface area contributed by atoms with Crippen molar-refractivity contribution in [2.24, 2.45) is 14.1 Å². The second-order valence-corrected chi connectivity index (χ2v) is 29.6. The predicted molar refractivity (Wildman–Crippen MR) is 256 cm³/mol. The van der Waals surface area contributed by atoms with Crippen molar-refractivity contribution in [2.75, 3.05) is 13.2 Å². The molecule has 66 heavy (non-hydrogen) atoms. The smallest absolute Gasteiger partial charge is 0.339 e. The number of nitrogens with zero attached hydrogens (tertiary/aromatic N) is 8. The van der Waals surface area contributed by atoms with E-state index in [2.05, 4.69) is 108 Å². The number of halogens is 2. The van der Waals surface area contributed by atoms with Crippen LogP contribution in [0.15, 0.2) is 61.2 Å². The van der Waals surface area contributed by atoms with E-state index in [4.69, 9.17) is 13.8 Å². The molecule has 8 rings (SSSR count). The van der Waals surface area contributed by atoms with Crippen molar-refractivity contribution >= 4 is 72.6 Å².